The summed E-state index contributed by atoms with van der Waals surface area (Å²) in [7, 11) is 0. The molecule has 0 aliphatic rings. The van der Waals surface area contributed by atoms with Crippen molar-refractivity contribution in [2.75, 3.05) is 6.54 Å². The molecule has 0 bridgehead atoms. The fraction of sp³-hybridized carbons (Fsp3) is 0.421. The minimum atomic E-state index is -0.894. The second-order valence-corrected chi connectivity index (χ2v) is 7.62. The molecule has 1 heterocycles. The number of carboxylic acid groups (broad SMARTS) is 1. The van der Waals surface area contributed by atoms with E-state index in [-0.39, 0.29) is 30.6 Å². The molecule has 26 heavy (non-hydrogen) atoms. The highest BCUT2D eigenvalue weighted by Crippen LogP contribution is 2.16. The fourth-order valence-corrected chi connectivity index (χ4v) is 3.42. The number of carbonyl (C=O) groups excluding carboxylic acids is 1. The highest BCUT2D eigenvalue weighted by atomic mass is 32.1. The van der Waals surface area contributed by atoms with Crippen LogP contribution in [0.1, 0.15) is 36.5 Å². The maximum atomic E-state index is 12.9. The van der Waals surface area contributed by atoms with Gasteiger partial charge in [0, 0.05) is 18.3 Å². The summed E-state index contributed by atoms with van der Waals surface area (Å²) in [5.74, 6) is -1.74. The molecule has 140 valence electrons. The number of halogens is 1. The summed E-state index contributed by atoms with van der Waals surface area (Å²) in [4.78, 5) is 27.7. The van der Waals surface area contributed by atoms with Gasteiger partial charge in [0.1, 0.15) is 5.82 Å². The SMILES string of the molecule is CC(C)CC(CNC(=O)Cc1csc(Cc2ccc(F)cc2)n1)C(=O)O. The van der Waals surface area contributed by atoms with Crippen LogP contribution >= 0.6 is 11.3 Å². The summed E-state index contributed by atoms with van der Waals surface area (Å²) in [5.41, 5.74) is 1.61. The minimum Gasteiger partial charge on any atom is -0.481 e. The van der Waals surface area contributed by atoms with Gasteiger partial charge in [-0.15, -0.1) is 11.3 Å². The second kappa shape index (κ2) is 9.43. The van der Waals surface area contributed by atoms with Gasteiger partial charge in [-0.1, -0.05) is 26.0 Å². The largest absolute Gasteiger partial charge is 0.481 e. The van der Waals surface area contributed by atoms with Crippen molar-refractivity contribution in [2.24, 2.45) is 11.8 Å². The van der Waals surface area contributed by atoms with Crippen LogP contribution < -0.4 is 5.32 Å². The Morgan fingerprint density at radius 1 is 1.27 bits per heavy atom. The molecule has 0 aliphatic heterocycles. The van der Waals surface area contributed by atoms with Gasteiger partial charge >= 0.3 is 5.97 Å². The Balaban J connectivity index is 1.84. The van der Waals surface area contributed by atoms with Crippen molar-refractivity contribution in [1.29, 1.82) is 0 Å². The van der Waals surface area contributed by atoms with Crippen LogP contribution in [-0.2, 0) is 22.4 Å². The summed E-state index contributed by atoms with van der Waals surface area (Å²) < 4.78 is 12.9. The maximum absolute atomic E-state index is 12.9. The summed E-state index contributed by atoms with van der Waals surface area (Å²) in [6.07, 6.45) is 1.23. The number of nitrogens with zero attached hydrogens (tertiary/aromatic N) is 1. The average Bonchev–Trinajstić information content (AvgIpc) is 3.00. The molecule has 0 spiro atoms. The predicted molar refractivity (Wildman–Crippen MR) is 98.6 cm³/mol. The van der Waals surface area contributed by atoms with Crippen molar-refractivity contribution in [2.45, 2.75) is 33.1 Å². The van der Waals surface area contributed by atoms with Crippen LogP contribution in [0, 0.1) is 17.7 Å². The van der Waals surface area contributed by atoms with Crippen LogP contribution in [0.15, 0.2) is 29.6 Å². The first-order chi connectivity index (χ1) is 12.3. The lowest BCUT2D eigenvalue weighted by molar-refractivity contribution is -0.142. The number of rotatable bonds is 9. The van der Waals surface area contributed by atoms with Gasteiger partial charge in [0.25, 0.3) is 0 Å². The number of thiazole rings is 1. The molecule has 0 radical (unpaired) electrons. The van der Waals surface area contributed by atoms with Crippen molar-refractivity contribution in [3.63, 3.8) is 0 Å². The summed E-state index contributed by atoms with van der Waals surface area (Å²) in [5, 5.41) is 14.6. The van der Waals surface area contributed by atoms with E-state index in [1.54, 1.807) is 12.1 Å². The summed E-state index contributed by atoms with van der Waals surface area (Å²) in [6, 6.07) is 6.24. The smallest absolute Gasteiger partial charge is 0.308 e. The van der Waals surface area contributed by atoms with Crippen molar-refractivity contribution < 1.29 is 19.1 Å². The zero-order valence-corrected chi connectivity index (χ0v) is 15.7. The molecule has 1 amide bonds. The Hall–Kier alpha value is -2.28. The Kier molecular flexibility index (Phi) is 7.26. The van der Waals surface area contributed by atoms with Crippen molar-refractivity contribution in [1.82, 2.24) is 10.3 Å². The van der Waals surface area contributed by atoms with Gasteiger partial charge in [0.05, 0.1) is 23.0 Å². The van der Waals surface area contributed by atoms with Crippen LogP contribution in [0.3, 0.4) is 0 Å². The second-order valence-electron chi connectivity index (χ2n) is 6.68. The van der Waals surface area contributed by atoms with Gasteiger partial charge in [0.15, 0.2) is 0 Å². The van der Waals surface area contributed by atoms with Crippen LogP contribution in [0.2, 0.25) is 0 Å². The van der Waals surface area contributed by atoms with Crippen LogP contribution in [0.4, 0.5) is 4.39 Å². The highest BCUT2D eigenvalue weighted by Gasteiger charge is 2.20. The Bertz CT molecular complexity index is 743. The third-order valence-corrected chi connectivity index (χ3v) is 4.76. The molecule has 1 aromatic heterocycles. The van der Waals surface area contributed by atoms with Gasteiger partial charge in [-0.25, -0.2) is 9.37 Å². The van der Waals surface area contributed by atoms with E-state index in [1.807, 2.05) is 19.2 Å². The minimum absolute atomic E-state index is 0.119. The molecule has 1 aromatic carbocycles. The average molecular weight is 378 g/mol. The third kappa shape index (κ3) is 6.55. The zero-order valence-electron chi connectivity index (χ0n) is 14.9. The van der Waals surface area contributed by atoms with E-state index < -0.39 is 11.9 Å². The number of benzene rings is 1. The first-order valence-electron chi connectivity index (χ1n) is 8.50. The monoisotopic (exact) mass is 378 g/mol. The summed E-state index contributed by atoms with van der Waals surface area (Å²) in [6.45, 7) is 4.03. The summed E-state index contributed by atoms with van der Waals surface area (Å²) >= 11 is 1.45. The standard InChI is InChI=1S/C19H23FN2O3S/c1-12(2)7-14(19(24)25)10-21-17(23)9-16-11-26-18(22-16)8-13-3-5-15(20)6-4-13/h3-6,11-12,14H,7-10H2,1-2H3,(H,21,23)(H,24,25). The molecule has 0 saturated carbocycles. The first-order valence-corrected chi connectivity index (χ1v) is 9.38. The van der Waals surface area contributed by atoms with Crippen LogP contribution in [0.25, 0.3) is 0 Å². The number of nitrogens with one attached hydrogen (secondary N) is 1. The molecule has 5 nitrogen and oxygen atoms in total. The van der Waals surface area contributed by atoms with Gasteiger partial charge in [0.2, 0.25) is 5.91 Å². The molecular weight excluding hydrogens is 355 g/mol. The fourth-order valence-electron chi connectivity index (χ4n) is 2.59. The van der Waals surface area contributed by atoms with Crippen LogP contribution in [0.5, 0.6) is 0 Å². The number of aliphatic carboxylic acids is 1. The number of carboxylic acids is 1. The number of hydrogen-bond acceptors (Lipinski definition) is 4. The zero-order chi connectivity index (χ0) is 19.1. The molecule has 1 unspecified atom stereocenters. The van der Waals surface area contributed by atoms with E-state index in [9.17, 15) is 19.1 Å². The number of carbonyl (C=O) groups is 2. The molecular formula is C19H23FN2O3S. The highest BCUT2D eigenvalue weighted by molar-refractivity contribution is 7.09. The topological polar surface area (TPSA) is 79.3 Å². The molecule has 0 fully saturated rings. The molecule has 2 aromatic rings. The van der Waals surface area contributed by atoms with Crippen molar-refractivity contribution in [3.8, 4) is 0 Å². The Morgan fingerprint density at radius 3 is 2.58 bits per heavy atom. The molecule has 2 rings (SSSR count). The molecule has 2 N–H and O–H groups in total. The lowest BCUT2D eigenvalue weighted by atomic mass is 9.97. The van der Waals surface area contributed by atoms with Gasteiger partial charge in [-0.2, -0.15) is 0 Å². The lowest BCUT2D eigenvalue weighted by Gasteiger charge is -2.15. The first kappa shape index (κ1) is 20.0. The Labute approximate surface area is 156 Å². The molecule has 7 heteroatoms. The van der Waals surface area contributed by atoms with Gasteiger partial charge in [-0.3, -0.25) is 9.59 Å². The van der Waals surface area contributed by atoms with Gasteiger partial charge < -0.3 is 10.4 Å². The van der Waals surface area contributed by atoms with E-state index >= 15 is 0 Å². The number of amides is 1. The lowest BCUT2D eigenvalue weighted by Crippen LogP contribution is -2.34. The van der Waals surface area contributed by atoms with Crippen LogP contribution in [-0.4, -0.2) is 28.5 Å². The van der Waals surface area contributed by atoms with E-state index in [2.05, 4.69) is 10.3 Å². The van der Waals surface area contributed by atoms with E-state index in [0.717, 1.165) is 10.6 Å². The van der Waals surface area contributed by atoms with E-state index in [1.165, 1.54) is 23.5 Å². The van der Waals surface area contributed by atoms with E-state index in [0.29, 0.717) is 18.5 Å². The normalized spacial score (nSPS) is 12.2. The van der Waals surface area contributed by atoms with E-state index in [4.69, 9.17) is 0 Å². The number of hydrogen-bond donors (Lipinski definition) is 2. The van der Waals surface area contributed by atoms with Crippen molar-refractivity contribution in [3.05, 3.63) is 51.7 Å². The molecule has 0 saturated heterocycles. The van der Waals surface area contributed by atoms with Gasteiger partial charge in [-0.05, 0) is 30.0 Å². The number of aromatic nitrogens is 1. The quantitative estimate of drug-likeness (QED) is 0.702. The molecule has 0 aliphatic carbocycles. The predicted octanol–water partition coefficient (Wildman–Crippen LogP) is 3.28. The Morgan fingerprint density at radius 2 is 1.96 bits per heavy atom. The third-order valence-electron chi connectivity index (χ3n) is 3.86. The molecule has 1 atom stereocenters. The van der Waals surface area contributed by atoms with Crippen molar-refractivity contribution >= 4 is 23.2 Å². The maximum Gasteiger partial charge on any atom is 0.308 e.